The van der Waals surface area contributed by atoms with Crippen LogP contribution in [0.3, 0.4) is 0 Å². The summed E-state index contributed by atoms with van der Waals surface area (Å²) in [6.45, 7) is 10.5. The fraction of sp³-hybridized carbons (Fsp3) is 0.750. The summed E-state index contributed by atoms with van der Waals surface area (Å²) in [5, 5.41) is 2.67. The topological polar surface area (TPSA) is 164 Å². The number of esters is 4. The number of hydrogen-bond acceptors (Lipinski definition) is 11. The lowest BCUT2D eigenvalue weighted by Gasteiger charge is -2.45. The van der Waals surface area contributed by atoms with E-state index in [1.165, 1.54) is 25.7 Å². The van der Waals surface area contributed by atoms with Crippen molar-refractivity contribution in [2.24, 2.45) is 0 Å². The molecule has 0 bridgehead atoms. The molecule has 37 heavy (non-hydrogen) atoms. The van der Waals surface area contributed by atoms with E-state index in [9.17, 15) is 28.8 Å². The Labute approximate surface area is 216 Å². The predicted molar refractivity (Wildman–Crippen MR) is 127 cm³/mol. The van der Waals surface area contributed by atoms with Crippen LogP contribution in [-0.2, 0) is 52.5 Å². The number of rotatable bonds is 10. The van der Waals surface area contributed by atoms with Crippen LogP contribution in [-0.4, -0.2) is 96.3 Å². The van der Waals surface area contributed by atoms with Crippen LogP contribution in [0.2, 0.25) is 0 Å². The van der Waals surface area contributed by atoms with Gasteiger partial charge in [-0.1, -0.05) is 0 Å². The third-order valence-corrected chi connectivity index (χ3v) is 5.09. The molecule has 13 heteroatoms. The summed E-state index contributed by atoms with van der Waals surface area (Å²) < 4.78 is 27.2. The van der Waals surface area contributed by atoms with Crippen LogP contribution in [0, 0.1) is 0 Å². The lowest BCUT2D eigenvalue weighted by molar-refractivity contribution is -0.224. The van der Waals surface area contributed by atoms with Gasteiger partial charge in [0.25, 0.3) is 0 Å². The molecule has 0 unspecified atom stereocenters. The molecule has 1 heterocycles. The van der Waals surface area contributed by atoms with E-state index in [1.807, 2.05) is 0 Å². The lowest BCUT2D eigenvalue weighted by atomic mass is 9.90. The highest BCUT2D eigenvalue weighted by molar-refractivity contribution is 5.80. The number of amides is 2. The number of ether oxygens (including phenoxy) is 5. The van der Waals surface area contributed by atoms with Crippen molar-refractivity contribution in [2.45, 2.75) is 97.9 Å². The van der Waals surface area contributed by atoms with E-state index in [4.69, 9.17) is 23.7 Å². The maximum Gasteiger partial charge on any atom is 0.326 e. The van der Waals surface area contributed by atoms with Gasteiger partial charge in [-0.3, -0.25) is 28.8 Å². The summed E-state index contributed by atoms with van der Waals surface area (Å²) in [4.78, 5) is 73.0. The van der Waals surface area contributed by atoms with Crippen molar-refractivity contribution in [1.82, 2.24) is 10.2 Å². The SMILES string of the molecule is CC(=O)N[C@H]1[C@@H](OC(C)=O)[C@@H](OC(C)=O)[C@@H](COC(C)=O)O[C@H]1CCN(CC(=O)OC(C)(C)C)C(C)=O. The van der Waals surface area contributed by atoms with Crippen LogP contribution >= 0.6 is 0 Å². The molecule has 1 rings (SSSR count). The van der Waals surface area contributed by atoms with E-state index in [-0.39, 0.29) is 26.1 Å². The summed E-state index contributed by atoms with van der Waals surface area (Å²) in [5.74, 6) is -3.52. The molecule has 0 saturated carbocycles. The molecule has 1 N–H and O–H groups in total. The second-order valence-corrected chi connectivity index (χ2v) is 9.71. The molecule has 210 valence electrons. The van der Waals surface area contributed by atoms with Crippen LogP contribution in [0.15, 0.2) is 0 Å². The molecular weight excluding hydrogens is 492 g/mol. The van der Waals surface area contributed by atoms with E-state index in [1.54, 1.807) is 20.8 Å². The van der Waals surface area contributed by atoms with E-state index in [0.29, 0.717) is 0 Å². The summed E-state index contributed by atoms with van der Waals surface area (Å²) in [6.07, 6.45) is -4.26. The molecule has 0 aromatic rings. The first-order valence-corrected chi connectivity index (χ1v) is 11.9. The van der Waals surface area contributed by atoms with Crippen LogP contribution in [0.4, 0.5) is 0 Å². The van der Waals surface area contributed by atoms with Gasteiger partial charge >= 0.3 is 23.9 Å². The van der Waals surface area contributed by atoms with Gasteiger partial charge in [0.15, 0.2) is 12.2 Å². The molecule has 0 aromatic heterocycles. The highest BCUT2D eigenvalue weighted by atomic mass is 16.6. The van der Waals surface area contributed by atoms with Gasteiger partial charge in [0.2, 0.25) is 11.8 Å². The van der Waals surface area contributed by atoms with Crippen LogP contribution < -0.4 is 5.32 Å². The first kappa shape index (κ1) is 31.8. The van der Waals surface area contributed by atoms with Crippen molar-refractivity contribution < 1.29 is 52.5 Å². The summed E-state index contributed by atoms with van der Waals surface area (Å²) >= 11 is 0. The normalized spacial score (nSPS) is 23.3. The Balaban J connectivity index is 3.27. The lowest BCUT2D eigenvalue weighted by Crippen LogP contribution is -2.66. The molecule has 13 nitrogen and oxygen atoms in total. The summed E-state index contributed by atoms with van der Waals surface area (Å²) in [6, 6.07) is -0.991. The zero-order valence-corrected chi connectivity index (χ0v) is 22.7. The second kappa shape index (κ2) is 13.9. The molecule has 0 radical (unpaired) electrons. The van der Waals surface area contributed by atoms with E-state index in [0.717, 1.165) is 13.8 Å². The molecule has 5 atom stereocenters. The second-order valence-electron chi connectivity index (χ2n) is 9.71. The van der Waals surface area contributed by atoms with Crippen molar-refractivity contribution in [3.63, 3.8) is 0 Å². The number of hydrogen-bond donors (Lipinski definition) is 1. The van der Waals surface area contributed by atoms with Crippen molar-refractivity contribution in [2.75, 3.05) is 19.7 Å². The van der Waals surface area contributed by atoms with Gasteiger partial charge in [0, 0.05) is 41.2 Å². The molecule has 0 aromatic carbocycles. The van der Waals surface area contributed by atoms with E-state index < -0.39 is 71.8 Å². The number of nitrogens with zero attached hydrogens (tertiary/aromatic N) is 1. The van der Waals surface area contributed by atoms with E-state index in [2.05, 4.69) is 5.32 Å². The van der Waals surface area contributed by atoms with Crippen molar-refractivity contribution in [3.05, 3.63) is 0 Å². The zero-order valence-electron chi connectivity index (χ0n) is 22.7. The standard InChI is InChI=1S/C24H38N2O11/c1-13(27)25-21-18(9-10-26(14(2)28)11-20(32)37-24(6,7)8)36-19(12-33-15(3)29)22(34-16(4)30)23(21)35-17(5)31/h18-19,21-23H,9-12H2,1-8H3,(H,25,27)/t18-,19+,21+,22-,23+/m0/s1. The average Bonchev–Trinajstić information content (AvgIpc) is 2.70. The molecule has 1 fully saturated rings. The maximum absolute atomic E-state index is 12.3. The van der Waals surface area contributed by atoms with Gasteiger partial charge in [-0.25, -0.2) is 0 Å². The minimum absolute atomic E-state index is 0.0145. The number of carbonyl (C=O) groups excluding carboxylic acids is 6. The Hall–Kier alpha value is -3.22. The molecule has 2 amide bonds. The molecule has 0 spiro atoms. The highest BCUT2D eigenvalue weighted by Crippen LogP contribution is 2.29. The minimum atomic E-state index is -1.21. The monoisotopic (exact) mass is 530 g/mol. The number of nitrogens with one attached hydrogen (secondary N) is 1. The van der Waals surface area contributed by atoms with Crippen molar-refractivity contribution in [1.29, 1.82) is 0 Å². The zero-order chi connectivity index (χ0) is 28.5. The Kier molecular flexibility index (Phi) is 12.0. The largest absolute Gasteiger partial charge is 0.463 e. The van der Waals surface area contributed by atoms with E-state index >= 15 is 0 Å². The first-order valence-electron chi connectivity index (χ1n) is 11.9. The number of carbonyl (C=O) groups is 6. The van der Waals surface area contributed by atoms with Crippen molar-refractivity contribution in [3.8, 4) is 0 Å². The Morgan fingerprint density at radius 3 is 1.86 bits per heavy atom. The summed E-state index contributed by atoms with van der Waals surface area (Å²) in [5.41, 5.74) is -0.741. The molecule has 1 saturated heterocycles. The molecule has 1 aliphatic heterocycles. The van der Waals surface area contributed by atoms with Gasteiger partial charge in [-0.2, -0.15) is 0 Å². The first-order chi connectivity index (χ1) is 17.0. The van der Waals surface area contributed by atoms with Gasteiger partial charge in [-0.15, -0.1) is 0 Å². The smallest absolute Gasteiger partial charge is 0.326 e. The fourth-order valence-corrected chi connectivity index (χ4v) is 3.83. The van der Waals surface area contributed by atoms with Crippen LogP contribution in [0.1, 0.15) is 61.8 Å². The Morgan fingerprint density at radius 2 is 1.41 bits per heavy atom. The molecular formula is C24H38N2O11. The average molecular weight is 531 g/mol. The Bertz CT molecular complexity index is 867. The third-order valence-electron chi connectivity index (χ3n) is 5.09. The fourth-order valence-electron chi connectivity index (χ4n) is 3.83. The minimum Gasteiger partial charge on any atom is -0.463 e. The van der Waals surface area contributed by atoms with Gasteiger partial charge in [-0.05, 0) is 27.2 Å². The molecule has 0 aliphatic carbocycles. The third kappa shape index (κ3) is 11.6. The maximum atomic E-state index is 12.3. The predicted octanol–water partition coefficient (Wildman–Crippen LogP) is 0.265. The summed E-state index contributed by atoms with van der Waals surface area (Å²) in [7, 11) is 0. The van der Waals surface area contributed by atoms with Gasteiger partial charge in [0.1, 0.15) is 24.9 Å². The highest BCUT2D eigenvalue weighted by Gasteiger charge is 2.50. The quantitative estimate of drug-likeness (QED) is 0.304. The van der Waals surface area contributed by atoms with Crippen LogP contribution in [0.25, 0.3) is 0 Å². The van der Waals surface area contributed by atoms with Crippen LogP contribution in [0.5, 0.6) is 0 Å². The molecule has 1 aliphatic rings. The van der Waals surface area contributed by atoms with Gasteiger partial charge < -0.3 is 33.9 Å². The Morgan fingerprint density at radius 1 is 0.838 bits per heavy atom. The van der Waals surface area contributed by atoms with Crippen molar-refractivity contribution >= 4 is 35.7 Å². The van der Waals surface area contributed by atoms with Gasteiger partial charge in [0.05, 0.1) is 12.1 Å².